The van der Waals surface area contributed by atoms with Crippen molar-refractivity contribution < 1.29 is 14.3 Å². The second-order valence-corrected chi connectivity index (χ2v) is 5.10. The minimum atomic E-state index is -0.237. The topological polar surface area (TPSA) is 58.6 Å². The largest absolute Gasteiger partial charge is 0.482 e. The molecule has 0 aromatic heterocycles. The summed E-state index contributed by atoms with van der Waals surface area (Å²) in [5, 5.41) is 2.84. The molecule has 0 spiro atoms. The molecule has 0 saturated carbocycles. The molecule has 2 amide bonds. The Morgan fingerprint density at radius 2 is 1.91 bits per heavy atom. The summed E-state index contributed by atoms with van der Waals surface area (Å²) >= 11 is 0. The highest BCUT2D eigenvalue weighted by Crippen LogP contribution is 2.31. The number of carbonyl (C=O) groups is 2. The highest BCUT2D eigenvalue weighted by Gasteiger charge is 2.26. The molecule has 0 atom stereocenters. The van der Waals surface area contributed by atoms with Gasteiger partial charge in [0.1, 0.15) is 12.3 Å². The summed E-state index contributed by atoms with van der Waals surface area (Å²) in [5.41, 5.74) is 2.35. The van der Waals surface area contributed by atoms with Crippen LogP contribution in [0.1, 0.15) is 5.56 Å². The predicted octanol–water partition coefficient (Wildman–Crippen LogP) is 2.36. The predicted molar refractivity (Wildman–Crippen MR) is 84.1 cm³/mol. The number of nitrogens with one attached hydrogen (secondary N) is 1. The second kappa shape index (κ2) is 5.89. The monoisotopic (exact) mass is 296 g/mol. The Morgan fingerprint density at radius 1 is 1.18 bits per heavy atom. The van der Waals surface area contributed by atoms with E-state index in [0.717, 1.165) is 11.3 Å². The van der Waals surface area contributed by atoms with Gasteiger partial charge >= 0.3 is 0 Å². The lowest BCUT2D eigenvalue weighted by atomic mass is 10.2. The summed E-state index contributed by atoms with van der Waals surface area (Å²) < 4.78 is 5.36. The van der Waals surface area contributed by atoms with E-state index in [0.29, 0.717) is 11.4 Å². The summed E-state index contributed by atoms with van der Waals surface area (Å²) in [6.45, 7) is 1.84. The van der Waals surface area contributed by atoms with Gasteiger partial charge in [-0.2, -0.15) is 0 Å². The van der Waals surface area contributed by atoms with Crippen LogP contribution in [0.4, 0.5) is 11.4 Å². The molecular formula is C17H16N2O3. The molecule has 0 aliphatic carbocycles. The van der Waals surface area contributed by atoms with Crippen molar-refractivity contribution in [3.8, 4) is 5.75 Å². The maximum absolute atomic E-state index is 12.2. The minimum Gasteiger partial charge on any atom is -0.482 e. The van der Waals surface area contributed by atoms with E-state index in [4.69, 9.17) is 4.74 Å². The van der Waals surface area contributed by atoms with Crippen LogP contribution in [0.5, 0.6) is 5.75 Å². The summed E-state index contributed by atoms with van der Waals surface area (Å²) in [5.74, 6) is 0.156. The zero-order chi connectivity index (χ0) is 15.5. The number of benzene rings is 2. The molecule has 0 radical (unpaired) electrons. The first kappa shape index (κ1) is 14.1. The zero-order valence-electron chi connectivity index (χ0n) is 12.2. The van der Waals surface area contributed by atoms with Gasteiger partial charge in [0.05, 0.1) is 5.69 Å². The fourth-order valence-electron chi connectivity index (χ4n) is 2.37. The van der Waals surface area contributed by atoms with E-state index in [1.165, 1.54) is 4.90 Å². The van der Waals surface area contributed by atoms with Gasteiger partial charge in [0, 0.05) is 5.69 Å². The van der Waals surface area contributed by atoms with E-state index in [2.05, 4.69) is 5.32 Å². The number of fused-ring (bicyclic) bond motifs is 1. The van der Waals surface area contributed by atoms with Crippen LogP contribution in [-0.4, -0.2) is 25.0 Å². The van der Waals surface area contributed by atoms with E-state index in [-0.39, 0.29) is 25.0 Å². The smallest absolute Gasteiger partial charge is 0.265 e. The second-order valence-electron chi connectivity index (χ2n) is 5.10. The molecular weight excluding hydrogens is 280 g/mol. The number of aryl methyl sites for hydroxylation is 1. The Balaban J connectivity index is 1.77. The Labute approximate surface area is 128 Å². The molecule has 5 nitrogen and oxygen atoms in total. The normalized spacial score (nSPS) is 13.3. The van der Waals surface area contributed by atoms with Crippen molar-refractivity contribution in [1.29, 1.82) is 0 Å². The molecule has 1 aliphatic rings. The molecule has 0 fully saturated rings. The molecule has 112 valence electrons. The maximum atomic E-state index is 12.2. The number of amides is 2. The number of hydrogen-bond acceptors (Lipinski definition) is 3. The van der Waals surface area contributed by atoms with Gasteiger partial charge < -0.3 is 10.1 Å². The number of carbonyl (C=O) groups excluding carboxylic acids is 2. The number of hydrogen-bond donors (Lipinski definition) is 1. The van der Waals surface area contributed by atoms with Crippen molar-refractivity contribution in [3.05, 3.63) is 54.1 Å². The first-order chi connectivity index (χ1) is 10.6. The maximum Gasteiger partial charge on any atom is 0.265 e. The first-order valence-corrected chi connectivity index (χ1v) is 7.03. The zero-order valence-corrected chi connectivity index (χ0v) is 12.2. The number of para-hydroxylation sites is 3. The van der Waals surface area contributed by atoms with Crippen molar-refractivity contribution in [3.63, 3.8) is 0 Å². The quantitative estimate of drug-likeness (QED) is 0.946. The van der Waals surface area contributed by atoms with Crippen molar-refractivity contribution in [2.75, 3.05) is 23.4 Å². The Bertz CT molecular complexity index is 727. The van der Waals surface area contributed by atoms with Gasteiger partial charge in [0.15, 0.2) is 6.61 Å². The average Bonchev–Trinajstić information content (AvgIpc) is 2.52. The third kappa shape index (κ3) is 2.79. The molecule has 22 heavy (non-hydrogen) atoms. The fraction of sp³-hybridized carbons (Fsp3) is 0.176. The Kier molecular flexibility index (Phi) is 3.78. The van der Waals surface area contributed by atoms with Crippen LogP contribution < -0.4 is 15.0 Å². The molecule has 1 N–H and O–H groups in total. The van der Waals surface area contributed by atoms with E-state index >= 15 is 0 Å². The van der Waals surface area contributed by atoms with Crippen LogP contribution in [0.2, 0.25) is 0 Å². The standard InChI is InChI=1S/C17H16N2O3/c1-12-6-2-3-7-13(12)18-16(20)10-19-14-8-4-5-9-15(14)22-11-17(19)21/h2-9H,10-11H2,1H3,(H,18,20). The van der Waals surface area contributed by atoms with E-state index in [1.807, 2.05) is 43.3 Å². The Hall–Kier alpha value is -2.82. The van der Waals surface area contributed by atoms with Gasteiger partial charge in [-0.25, -0.2) is 0 Å². The van der Waals surface area contributed by atoms with Gasteiger partial charge in [0.2, 0.25) is 5.91 Å². The molecule has 2 aromatic carbocycles. The average molecular weight is 296 g/mol. The third-order valence-corrected chi connectivity index (χ3v) is 3.53. The molecule has 3 rings (SSSR count). The molecule has 0 saturated heterocycles. The summed E-state index contributed by atoms with van der Waals surface area (Å²) in [7, 11) is 0. The van der Waals surface area contributed by atoms with Crippen LogP contribution in [-0.2, 0) is 9.59 Å². The number of nitrogens with zero attached hydrogens (tertiary/aromatic N) is 1. The van der Waals surface area contributed by atoms with Gasteiger partial charge in [-0.05, 0) is 30.7 Å². The van der Waals surface area contributed by atoms with Crippen LogP contribution in [0.15, 0.2) is 48.5 Å². The molecule has 5 heteroatoms. The van der Waals surface area contributed by atoms with Crippen LogP contribution in [0, 0.1) is 6.92 Å². The van der Waals surface area contributed by atoms with Crippen LogP contribution in [0.25, 0.3) is 0 Å². The van der Waals surface area contributed by atoms with Crippen molar-refractivity contribution in [2.45, 2.75) is 6.92 Å². The molecule has 0 unspecified atom stereocenters. The van der Waals surface area contributed by atoms with Gasteiger partial charge in [-0.1, -0.05) is 30.3 Å². The van der Waals surface area contributed by atoms with Gasteiger partial charge in [0.25, 0.3) is 5.91 Å². The lowest BCUT2D eigenvalue weighted by molar-refractivity contribution is -0.123. The Morgan fingerprint density at radius 3 is 2.73 bits per heavy atom. The summed E-state index contributed by atoms with van der Waals surface area (Å²) in [6, 6.07) is 14.7. The summed E-state index contributed by atoms with van der Waals surface area (Å²) in [6.07, 6.45) is 0. The summed E-state index contributed by atoms with van der Waals surface area (Å²) in [4.78, 5) is 25.7. The highest BCUT2D eigenvalue weighted by molar-refractivity contribution is 6.05. The minimum absolute atomic E-state index is 0.0342. The van der Waals surface area contributed by atoms with E-state index in [9.17, 15) is 9.59 Å². The number of anilines is 2. The van der Waals surface area contributed by atoms with E-state index in [1.54, 1.807) is 12.1 Å². The van der Waals surface area contributed by atoms with Crippen molar-refractivity contribution >= 4 is 23.2 Å². The molecule has 0 bridgehead atoms. The number of ether oxygens (including phenoxy) is 1. The van der Waals surface area contributed by atoms with Gasteiger partial charge in [-0.15, -0.1) is 0 Å². The molecule has 1 heterocycles. The lowest BCUT2D eigenvalue weighted by Crippen LogP contribution is -2.43. The SMILES string of the molecule is Cc1ccccc1NC(=O)CN1C(=O)COc2ccccc21. The highest BCUT2D eigenvalue weighted by atomic mass is 16.5. The molecule has 1 aliphatic heterocycles. The van der Waals surface area contributed by atoms with E-state index < -0.39 is 0 Å². The number of rotatable bonds is 3. The van der Waals surface area contributed by atoms with Crippen molar-refractivity contribution in [1.82, 2.24) is 0 Å². The molecule has 2 aromatic rings. The van der Waals surface area contributed by atoms with Crippen LogP contribution in [0.3, 0.4) is 0 Å². The lowest BCUT2D eigenvalue weighted by Gasteiger charge is -2.28. The fourth-order valence-corrected chi connectivity index (χ4v) is 2.37. The van der Waals surface area contributed by atoms with Crippen LogP contribution >= 0.6 is 0 Å². The van der Waals surface area contributed by atoms with Gasteiger partial charge in [-0.3, -0.25) is 14.5 Å². The third-order valence-electron chi connectivity index (χ3n) is 3.53. The van der Waals surface area contributed by atoms with Crippen molar-refractivity contribution in [2.24, 2.45) is 0 Å². The first-order valence-electron chi connectivity index (χ1n) is 7.03.